The van der Waals surface area contributed by atoms with Crippen LogP contribution in [0.1, 0.15) is 78.2 Å². The van der Waals surface area contributed by atoms with Gasteiger partial charge in [-0.1, -0.05) is 52.8 Å². The number of carbonyl (C=O) groups is 3. The lowest BCUT2D eigenvalue weighted by Gasteiger charge is -2.49. The summed E-state index contributed by atoms with van der Waals surface area (Å²) in [5, 5.41) is 2.83. The molecule has 6 nitrogen and oxygen atoms in total. The van der Waals surface area contributed by atoms with Gasteiger partial charge in [0.1, 0.15) is 5.75 Å². The van der Waals surface area contributed by atoms with Gasteiger partial charge >= 0.3 is 0 Å². The maximum atomic E-state index is 13.9. The molecule has 8 heteroatoms. The third-order valence-corrected chi connectivity index (χ3v) is 9.41. The Kier molecular flexibility index (Phi) is 8.61. The second kappa shape index (κ2) is 11.8. The Morgan fingerprint density at radius 2 is 1.43 bits per heavy atom. The molecule has 2 aromatic carbocycles. The normalized spacial score (nSPS) is 19.9. The summed E-state index contributed by atoms with van der Waals surface area (Å²) < 4.78 is 7.22. The SMILES string of the molecule is CCCN1C2=C(C(=O)CC(C)(C)C2)C(c2cc(Br)c(OCC(=O)Nc3ccccc3)c(Br)c2)C2=C1CC(C)(C)CC2=O. The first-order valence-corrected chi connectivity index (χ1v) is 16.2. The van der Waals surface area contributed by atoms with Crippen LogP contribution in [0.15, 0.2) is 74.0 Å². The van der Waals surface area contributed by atoms with Crippen LogP contribution in [0.3, 0.4) is 0 Å². The Hall–Kier alpha value is -2.71. The highest BCUT2D eigenvalue weighted by atomic mass is 79.9. The number of anilines is 1. The number of benzene rings is 2. The maximum absolute atomic E-state index is 13.9. The predicted octanol–water partition coefficient (Wildman–Crippen LogP) is 8.32. The quantitative estimate of drug-likeness (QED) is 0.315. The van der Waals surface area contributed by atoms with Crippen molar-refractivity contribution in [2.45, 2.75) is 72.6 Å². The molecular formula is C34H38Br2N2O4. The fourth-order valence-corrected chi connectivity index (χ4v) is 8.07. The fourth-order valence-electron chi connectivity index (χ4n) is 6.61. The topological polar surface area (TPSA) is 75.7 Å². The number of rotatable bonds is 7. The number of hydrogen-bond donors (Lipinski definition) is 1. The van der Waals surface area contributed by atoms with Gasteiger partial charge in [0.2, 0.25) is 0 Å². The van der Waals surface area contributed by atoms with E-state index in [0.29, 0.717) is 33.2 Å². The molecule has 0 spiro atoms. The summed E-state index contributed by atoms with van der Waals surface area (Å²) in [5.41, 5.74) is 4.88. The molecule has 1 heterocycles. The van der Waals surface area contributed by atoms with Crippen molar-refractivity contribution >= 4 is 55.0 Å². The number of ketones is 2. The Morgan fingerprint density at radius 1 is 0.905 bits per heavy atom. The van der Waals surface area contributed by atoms with E-state index in [0.717, 1.165) is 53.9 Å². The Labute approximate surface area is 265 Å². The molecule has 0 bridgehead atoms. The van der Waals surface area contributed by atoms with E-state index in [-0.39, 0.29) is 34.9 Å². The molecule has 0 atom stereocenters. The van der Waals surface area contributed by atoms with Crippen molar-refractivity contribution in [3.8, 4) is 5.75 Å². The maximum Gasteiger partial charge on any atom is 0.262 e. The number of nitrogens with zero attached hydrogens (tertiary/aromatic N) is 1. The molecule has 2 aromatic rings. The number of ether oxygens (including phenoxy) is 1. The molecule has 0 saturated carbocycles. The Balaban J connectivity index is 1.55. The molecule has 5 rings (SSSR count). The summed E-state index contributed by atoms with van der Waals surface area (Å²) in [6.45, 7) is 11.4. The van der Waals surface area contributed by atoms with Gasteiger partial charge in [-0.3, -0.25) is 14.4 Å². The van der Waals surface area contributed by atoms with Gasteiger partial charge in [-0.2, -0.15) is 0 Å². The van der Waals surface area contributed by atoms with E-state index in [4.69, 9.17) is 4.74 Å². The van der Waals surface area contributed by atoms with Crippen molar-refractivity contribution in [3.63, 3.8) is 0 Å². The van der Waals surface area contributed by atoms with E-state index in [1.165, 1.54) is 0 Å². The van der Waals surface area contributed by atoms with Crippen molar-refractivity contribution in [1.82, 2.24) is 4.90 Å². The summed E-state index contributed by atoms with van der Waals surface area (Å²) in [5.74, 6) is -0.00878. The Morgan fingerprint density at radius 3 is 1.93 bits per heavy atom. The largest absolute Gasteiger partial charge is 0.481 e. The molecule has 0 fully saturated rings. The van der Waals surface area contributed by atoms with Crippen molar-refractivity contribution in [1.29, 1.82) is 0 Å². The molecule has 0 aromatic heterocycles. The number of allylic oxidation sites excluding steroid dienone is 4. The highest BCUT2D eigenvalue weighted by Crippen LogP contribution is 2.55. The third kappa shape index (κ3) is 6.16. The summed E-state index contributed by atoms with van der Waals surface area (Å²) in [4.78, 5) is 42.7. The molecular weight excluding hydrogens is 660 g/mol. The first kappa shape index (κ1) is 30.7. The van der Waals surface area contributed by atoms with Crippen LogP contribution in [0.4, 0.5) is 5.69 Å². The predicted molar refractivity (Wildman–Crippen MR) is 172 cm³/mol. The average Bonchev–Trinajstić information content (AvgIpc) is 2.88. The van der Waals surface area contributed by atoms with Crippen LogP contribution in [0.5, 0.6) is 5.75 Å². The van der Waals surface area contributed by atoms with Gasteiger partial charge in [0.15, 0.2) is 18.2 Å². The summed E-state index contributed by atoms with van der Waals surface area (Å²) in [6.07, 6.45) is 3.39. The molecule has 222 valence electrons. The van der Waals surface area contributed by atoms with Crippen molar-refractivity contribution in [2.75, 3.05) is 18.5 Å². The molecule has 0 radical (unpaired) electrons. The fraction of sp³-hybridized carbons (Fsp3) is 0.441. The summed E-state index contributed by atoms with van der Waals surface area (Å²) in [6, 6.07) is 13.1. The second-order valence-corrected chi connectivity index (χ2v) is 14.9. The van der Waals surface area contributed by atoms with E-state index in [2.05, 4.69) is 76.7 Å². The van der Waals surface area contributed by atoms with Crippen molar-refractivity contribution in [3.05, 3.63) is 79.5 Å². The van der Waals surface area contributed by atoms with Crippen LogP contribution < -0.4 is 10.1 Å². The van der Waals surface area contributed by atoms with Gasteiger partial charge < -0.3 is 15.0 Å². The third-order valence-electron chi connectivity index (χ3n) is 8.23. The summed E-state index contributed by atoms with van der Waals surface area (Å²) >= 11 is 7.32. The van der Waals surface area contributed by atoms with Gasteiger partial charge in [-0.25, -0.2) is 0 Å². The lowest BCUT2D eigenvalue weighted by Crippen LogP contribution is -2.44. The number of Topliss-reactive ketones (excluding diaryl/α,β-unsaturated/α-hetero) is 2. The molecule has 1 aliphatic heterocycles. The Bertz CT molecular complexity index is 1430. The standard InChI is InChI=1S/C34H38Br2N2O4/c1-6-12-38-24-15-33(2,3)17-26(39)30(24)29(31-25(38)16-34(4,5)18-27(31)40)20-13-22(35)32(23(36)14-20)42-19-28(41)37-21-10-8-7-9-11-21/h7-11,13-14,29H,6,12,15-19H2,1-5H3,(H,37,41). The zero-order valence-corrected chi connectivity index (χ0v) is 28.1. The number of para-hydroxylation sites is 1. The van der Waals surface area contributed by atoms with Gasteiger partial charge in [0, 0.05) is 53.5 Å². The molecule has 3 aliphatic rings. The minimum absolute atomic E-state index is 0.113. The van der Waals surface area contributed by atoms with Gasteiger partial charge in [0.25, 0.3) is 5.91 Å². The molecule has 2 aliphatic carbocycles. The van der Waals surface area contributed by atoms with E-state index in [1.807, 2.05) is 42.5 Å². The minimum Gasteiger partial charge on any atom is -0.481 e. The number of halogens is 2. The molecule has 42 heavy (non-hydrogen) atoms. The zero-order chi connectivity index (χ0) is 30.4. The van der Waals surface area contributed by atoms with Crippen LogP contribution in [-0.2, 0) is 14.4 Å². The summed E-state index contributed by atoms with van der Waals surface area (Å²) in [7, 11) is 0. The number of nitrogens with one attached hydrogen (secondary N) is 1. The molecule has 1 amide bonds. The number of amides is 1. The van der Waals surface area contributed by atoms with E-state index in [9.17, 15) is 14.4 Å². The number of hydrogen-bond acceptors (Lipinski definition) is 5. The highest BCUT2D eigenvalue weighted by molar-refractivity contribution is 9.11. The smallest absolute Gasteiger partial charge is 0.262 e. The zero-order valence-electron chi connectivity index (χ0n) is 24.9. The second-order valence-electron chi connectivity index (χ2n) is 13.2. The lowest BCUT2D eigenvalue weighted by atomic mass is 9.63. The van der Waals surface area contributed by atoms with E-state index in [1.54, 1.807) is 0 Å². The average molecular weight is 698 g/mol. The van der Waals surface area contributed by atoms with Crippen LogP contribution in [0.25, 0.3) is 0 Å². The van der Waals surface area contributed by atoms with E-state index >= 15 is 0 Å². The monoisotopic (exact) mass is 696 g/mol. The van der Waals surface area contributed by atoms with Crippen LogP contribution in [0, 0.1) is 10.8 Å². The highest BCUT2D eigenvalue weighted by Gasteiger charge is 2.49. The molecule has 1 N–H and O–H groups in total. The number of carbonyl (C=O) groups excluding carboxylic acids is 3. The first-order chi connectivity index (χ1) is 19.8. The van der Waals surface area contributed by atoms with Gasteiger partial charge in [-0.05, 0) is 91.8 Å². The van der Waals surface area contributed by atoms with Gasteiger partial charge in [0.05, 0.1) is 8.95 Å². The van der Waals surface area contributed by atoms with Crippen LogP contribution in [-0.4, -0.2) is 35.5 Å². The first-order valence-electron chi connectivity index (χ1n) is 14.6. The van der Waals surface area contributed by atoms with Crippen LogP contribution in [0.2, 0.25) is 0 Å². The lowest BCUT2D eigenvalue weighted by molar-refractivity contribution is -0.120. The van der Waals surface area contributed by atoms with Crippen LogP contribution >= 0.6 is 31.9 Å². The van der Waals surface area contributed by atoms with Crippen molar-refractivity contribution in [2.24, 2.45) is 10.8 Å². The minimum atomic E-state index is -0.446. The molecule has 0 unspecified atom stereocenters. The van der Waals surface area contributed by atoms with Gasteiger partial charge in [-0.15, -0.1) is 0 Å². The van der Waals surface area contributed by atoms with Crippen molar-refractivity contribution < 1.29 is 19.1 Å². The molecule has 0 saturated heterocycles. The van der Waals surface area contributed by atoms with E-state index < -0.39 is 5.92 Å².